The van der Waals surface area contributed by atoms with Crippen LogP contribution in [0.25, 0.3) is 0 Å². The van der Waals surface area contributed by atoms with Crippen LogP contribution in [0.5, 0.6) is 0 Å². The van der Waals surface area contributed by atoms with E-state index in [1.807, 2.05) is 39.5 Å². The van der Waals surface area contributed by atoms with Crippen molar-refractivity contribution in [2.45, 2.75) is 77.1 Å². The minimum atomic E-state index is -0.436. The van der Waals surface area contributed by atoms with Crippen LogP contribution in [-0.4, -0.2) is 40.7 Å². The molecule has 5 nitrogen and oxygen atoms in total. The zero-order valence-corrected chi connectivity index (χ0v) is 15.7. The van der Waals surface area contributed by atoms with Crippen LogP contribution in [-0.2, 0) is 4.74 Å². The van der Waals surface area contributed by atoms with Crippen molar-refractivity contribution in [1.82, 2.24) is 15.2 Å². The van der Waals surface area contributed by atoms with Crippen LogP contribution in [0.2, 0.25) is 0 Å². The first-order chi connectivity index (χ1) is 10.8. The maximum Gasteiger partial charge on any atom is 0.410 e. The molecule has 1 fully saturated rings. The van der Waals surface area contributed by atoms with Crippen LogP contribution in [0.4, 0.5) is 4.79 Å². The Bertz CT molecular complexity index is 490. The first-order valence-corrected chi connectivity index (χ1v) is 9.24. The number of rotatable bonds is 4. The lowest BCUT2D eigenvalue weighted by molar-refractivity contribution is 0.0178. The highest BCUT2D eigenvalue weighted by Gasteiger charge is 2.29. The highest BCUT2D eigenvalue weighted by molar-refractivity contribution is 7.09. The summed E-state index contributed by atoms with van der Waals surface area (Å²) in [6, 6.07) is 1.13. The highest BCUT2D eigenvalue weighted by Crippen LogP contribution is 2.26. The van der Waals surface area contributed by atoms with Crippen LogP contribution in [0, 0.1) is 0 Å². The number of ether oxygens (including phenoxy) is 1. The number of hydrogen-bond donors (Lipinski definition) is 1. The molecule has 0 aliphatic heterocycles. The third-order valence-corrected chi connectivity index (χ3v) is 5.25. The predicted octanol–water partition coefficient (Wildman–Crippen LogP) is 3.97. The number of hydrogen-bond acceptors (Lipinski definition) is 5. The molecule has 0 aromatic carbocycles. The van der Waals surface area contributed by atoms with Gasteiger partial charge in [-0.05, 0) is 53.4 Å². The standard InChI is InChI=1S/C17H29N3O2S/c1-12(15-10-18-11-23-15)19-13-6-8-14(9-7-13)20(5)16(21)22-17(2,3)4/h10-14,19H,6-9H2,1-5H3. The van der Waals surface area contributed by atoms with Gasteiger partial charge >= 0.3 is 6.09 Å². The molecule has 0 spiro atoms. The molecule has 1 aromatic rings. The Morgan fingerprint density at radius 1 is 1.39 bits per heavy atom. The van der Waals surface area contributed by atoms with Gasteiger partial charge in [0.1, 0.15) is 5.60 Å². The third kappa shape index (κ3) is 5.46. The normalized spacial score (nSPS) is 23.3. The third-order valence-electron chi connectivity index (χ3n) is 4.29. The number of carbonyl (C=O) groups excluding carboxylic acids is 1. The molecule has 23 heavy (non-hydrogen) atoms. The SMILES string of the molecule is CC(NC1CCC(N(C)C(=O)OC(C)(C)C)CC1)c1cncs1. The predicted molar refractivity (Wildman–Crippen MR) is 93.7 cm³/mol. The van der Waals surface area contributed by atoms with Gasteiger partial charge in [-0.3, -0.25) is 4.98 Å². The average Bonchev–Trinajstić information content (AvgIpc) is 3.00. The molecule has 2 rings (SSSR count). The van der Waals surface area contributed by atoms with Crippen LogP contribution in [0.3, 0.4) is 0 Å². The molecule has 130 valence electrons. The van der Waals surface area contributed by atoms with E-state index in [1.165, 1.54) is 4.88 Å². The van der Waals surface area contributed by atoms with Crippen LogP contribution >= 0.6 is 11.3 Å². The van der Waals surface area contributed by atoms with E-state index in [0.717, 1.165) is 25.7 Å². The molecule has 1 atom stereocenters. The van der Waals surface area contributed by atoms with Crippen molar-refractivity contribution < 1.29 is 9.53 Å². The van der Waals surface area contributed by atoms with Gasteiger partial charge in [0.25, 0.3) is 0 Å². The molecule has 0 bridgehead atoms. The second-order valence-electron chi connectivity index (χ2n) is 7.39. The van der Waals surface area contributed by atoms with Crippen molar-refractivity contribution in [2.24, 2.45) is 0 Å². The monoisotopic (exact) mass is 339 g/mol. The fourth-order valence-corrected chi connectivity index (χ4v) is 3.63. The zero-order chi connectivity index (χ0) is 17.0. The molecule has 1 N–H and O–H groups in total. The van der Waals surface area contributed by atoms with Gasteiger partial charge in [0, 0.05) is 36.2 Å². The second-order valence-corrected chi connectivity index (χ2v) is 8.31. The average molecular weight is 340 g/mol. The van der Waals surface area contributed by atoms with Crippen LogP contribution in [0.15, 0.2) is 11.7 Å². The summed E-state index contributed by atoms with van der Waals surface area (Å²) in [4.78, 5) is 19.3. The first kappa shape index (κ1) is 18.2. The summed E-state index contributed by atoms with van der Waals surface area (Å²) in [6.07, 6.45) is 5.92. The van der Waals surface area contributed by atoms with Gasteiger partial charge in [0.05, 0.1) is 5.51 Å². The second kappa shape index (κ2) is 7.62. The van der Waals surface area contributed by atoms with Gasteiger partial charge in [-0.1, -0.05) is 0 Å². The fourth-order valence-electron chi connectivity index (χ4n) is 2.99. The Balaban J connectivity index is 1.78. The van der Waals surface area contributed by atoms with Gasteiger partial charge in [-0.25, -0.2) is 4.79 Å². The van der Waals surface area contributed by atoms with E-state index in [4.69, 9.17) is 4.74 Å². The molecule has 1 aromatic heterocycles. The van der Waals surface area contributed by atoms with E-state index in [0.29, 0.717) is 12.1 Å². The van der Waals surface area contributed by atoms with E-state index in [1.54, 1.807) is 16.2 Å². The molecule has 6 heteroatoms. The Morgan fingerprint density at radius 3 is 2.57 bits per heavy atom. The lowest BCUT2D eigenvalue weighted by atomic mass is 9.90. The molecular formula is C17H29N3O2S. The summed E-state index contributed by atoms with van der Waals surface area (Å²) < 4.78 is 5.46. The van der Waals surface area contributed by atoms with Gasteiger partial charge in [0.2, 0.25) is 0 Å². The maximum absolute atomic E-state index is 12.2. The summed E-state index contributed by atoms with van der Waals surface area (Å²) in [5, 5.41) is 3.68. The minimum absolute atomic E-state index is 0.216. The van der Waals surface area contributed by atoms with Crippen molar-refractivity contribution >= 4 is 17.4 Å². The van der Waals surface area contributed by atoms with Crippen LogP contribution < -0.4 is 5.32 Å². The summed E-state index contributed by atoms with van der Waals surface area (Å²) in [7, 11) is 1.85. The number of aromatic nitrogens is 1. The highest BCUT2D eigenvalue weighted by atomic mass is 32.1. The molecule has 1 amide bonds. The van der Waals surface area contributed by atoms with E-state index in [-0.39, 0.29) is 12.1 Å². The molecule has 1 saturated carbocycles. The van der Waals surface area contributed by atoms with Crippen molar-refractivity contribution in [1.29, 1.82) is 0 Å². The van der Waals surface area contributed by atoms with E-state index < -0.39 is 5.60 Å². The number of nitrogens with zero attached hydrogens (tertiary/aromatic N) is 2. The summed E-state index contributed by atoms with van der Waals surface area (Å²) >= 11 is 1.69. The smallest absolute Gasteiger partial charge is 0.410 e. The Hall–Kier alpha value is -1.14. The molecule has 0 radical (unpaired) electrons. The van der Waals surface area contributed by atoms with Crippen molar-refractivity contribution in [2.75, 3.05) is 7.05 Å². The number of amides is 1. The van der Waals surface area contributed by atoms with Crippen molar-refractivity contribution in [3.05, 3.63) is 16.6 Å². The summed E-state index contributed by atoms with van der Waals surface area (Å²) in [6.45, 7) is 7.90. The number of carbonyl (C=O) groups is 1. The molecular weight excluding hydrogens is 310 g/mol. The van der Waals surface area contributed by atoms with E-state index in [9.17, 15) is 4.79 Å². The maximum atomic E-state index is 12.2. The first-order valence-electron chi connectivity index (χ1n) is 8.36. The zero-order valence-electron chi connectivity index (χ0n) is 14.8. The van der Waals surface area contributed by atoms with Crippen LogP contribution in [0.1, 0.15) is 64.3 Å². The fraction of sp³-hybridized carbons (Fsp3) is 0.765. The lowest BCUT2D eigenvalue weighted by Crippen LogP contribution is -2.45. The number of nitrogens with one attached hydrogen (secondary N) is 1. The lowest BCUT2D eigenvalue weighted by Gasteiger charge is -2.36. The topological polar surface area (TPSA) is 54.5 Å². The number of thiazole rings is 1. The Morgan fingerprint density at radius 2 is 2.04 bits per heavy atom. The molecule has 1 aliphatic carbocycles. The van der Waals surface area contributed by atoms with Gasteiger partial charge in [-0.15, -0.1) is 11.3 Å². The minimum Gasteiger partial charge on any atom is -0.444 e. The van der Waals surface area contributed by atoms with Gasteiger partial charge < -0.3 is 15.0 Å². The molecule has 1 heterocycles. The molecule has 0 saturated heterocycles. The Labute approximate surface area is 143 Å². The largest absolute Gasteiger partial charge is 0.444 e. The molecule has 1 unspecified atom stereocenters. The quantitative estimate of drug-likeness (QED) is 0.902. The Kier molecular flexibility index (Phi) is 6.03. The van der Waals surface area contributed by atoms with Gasteiger partial charge in [-0.2, -0.15) is 0 Å². The summed E-state index contributed by atoms with van der Waals surface area (Å²) in [5.41, 5.74) is 1.44. The van der Waals surface area contributed by atoms with E-state index in [2.05, 4.69) is 17.2 Å². The van der Waals surface area contributed by atoms with E-state index >= 15 is 0 Å². The van der Waals surface area contributed by atoms with Crippen molar-refractivity contribution in [3.8, 4) is 0 Å². The van der Waals surface area contributed by atoms with Crippen molar-refractivity contribution in [3.63, 3.8) is 0 Å². The summed E-state index contributed by atoms with van der Waals surface area (Å²) in [5.74, 6) is 0. The molecule has 1 aliphatic rings. The van der Waals surface area contributed by atoms with Gasteiger partial charge in [0.15, 0.2) is 0 Å².